The first-order valence-electron chi connectivity index (χ1n) is 6.06. The molecule has 0 aliphatic rings. The Balaban J connectivity index is 1.88. The van der Waals surface area contributed by atoms with E-state index in [1.54, 1.807) is 13.0 Å². The molecule has 1 unspecified atom stereocenters. The molecule has 8 heteroatoms. The van der Waals surface area contributed by atoms with Crippen LogP contribution in [-0.2, 0) is 20.9 Å². The third kappa shape index (κ3) is 4.48. The fourth-order valence-corrected chi connectivity index (χ4v) is 2.73. The number of aromatic nitrogens is 2. The first-order chi connectivity index (χ1) is 10.1. The van der Waals surface area contributed by atoms with Crippen molar-refractivity contribution >= 4 is 33.2 Å². The van der Waals surface area contributed by atoms with Crippen LogP contribution in [0.2, 0.25) is 0 Å². The van der Waals surface area contributed by atoms with E-state index < -0.39 is 12.1 Å². The summed E-state index contributed by atoms with van der Waals surface area (Å²) in [6.07, 6.45) is 0.895. The molecule has 21 heavy (non-hydrogen) atoms. The largest absolute Gasteiger partial charge is 0.454 e. The minimum Gasteiger partial charge on any atom is -0.454 e. The molecule has 0 spiro atoms. The maximum absolute atomic E-state index is 11.6. The highest BCUT2D eigenvalue weighted by atomic mass is 79.9. The third-order valence-corrected chi connectivity index (χ3v) is 4.08. The van der Waals surface area contributed by atoms with Crippen molar-refractivity contribution < 1.29 is 18.8 Å². The molecule has 6 nitrogen and oxygen atoms in total. The van der Waals surface area contributed by atoms with Crippen molar-refractivity contribution in [2.75, 3.05) is 6.61 Å². The van der Waals surface area contributed by atoms with E-state index in [1.165, 1.54) is 11.3 Å². The van der Waals surface area contributed by atoms with Gasteiger partial charge in [0.25, 0.3) is 5.89 Å². The number of hydrogen-bond acceptors (Lipinski definition) is 7. The number of rotatable bonds is 7. The Morgan fingerprint density at radius 3 is 3.14 bits per heavy atom. The lowest BCUT2D eigenvalue weighted by atomic mass is 10.4. The number of hydrogen-bond donors (Lipinski definition) is 0. The molecule has 0 saturated heterocycles. The van der Waals surface area contributed by atoms with Crippen LogP contribution in [0.4, 0.5) is 0 Å². The van der Waals surface area contributed by atoms with Gasteiger partial charge in [-0.2, -0.15) is 4.98 Å². The summed E-state index contributed by atoms with van der Waals surface area (Å²) >= 11 is 4.84. The molecule has 0 radical (unpaired) electrons. The van der Waals surface area contributed by atoms with E-state index in [2.05, 4.69) is 32.6 Å². The van der Waals surface area contributed by atoms with Gasteiger partial charge in [-0.1, -0.05) is 11.2 Å². The Morgan fingerprint density at radius 1 is 1.67 bits per heavy atom. The molecule has 0 saturated carbocycles. The summed E-state index contributed by atoms with van der Waals surface area (Å²) < 4.78 is 16.2. The second kappa shape index (κ2) is 7.48. The molecule has 1 atom stereocenters. The lowest BCUT2D eigenvalue weighted by molar-refractivity contribution is -0.157. The van der Waals surface area contributed by atoms with Crippen LogP contribution in [-0.4, -0.2) is 28.8 Å². The molecule has 0 aromatic carbocycles. The van der Waals surface area contributed by atoms with Crippen LogP contribution in [0.3, 0.4) is 0 Å². The molecule has 2 heterocycles. The number of thiophene rings is 1. The van der Waals surface area contributed by atoms with Gasteiger partial charge in [-0.15, -0.1) is 17.9 Å². The van der Waals surface area contributed by atoms with E-state index in [-0.39, 0.29) is 19.1 Å². The van der Waals surface area contributed by atoms with Gasteiger partial charge in [0.1, 0.15) is 0 Å². The zero-order chi connectivity index (χ0) is 15.2. The molecular formula is C13H13BrN2O4S. The number of ether oxygens (including phenoxy) is 2. The molecule has 112 valence electrons. The maximum atomic E-state index is 11.6. The van der Waals surface area contributed by atoms with Crippen LogP contribution < -0.4 is 0 Å². The van der Waals surface area contributed by atoms with Gasteiger partial charge in [0.05, 0.1) is 11.5 Å². The Labute approximate surface area is 133 Å². The molecular weight excluding hydrogens is 360 g/mol. The molecule has 2 aromatic rings. The first-order valence-corrected chi connectivity index (χ1v) is 7.73. The lowest BCUT2D eigenvalue weighted by Gasteiger charge is -2.09. The molecule has 2 aromatic heterocycles. The van der Waals surface area contributed by atoms with Gasteiger partial charge >= 0.3 is 5.97 Å². The molecule has 0 N–H and O–H groups in total. The second-order valence-corrected chi connectivity index (χ2v) is 5.84. The van der Waals surface area contributed by atoms with Gasteiger partial charge in [-0.05, 0) is 28.9 Å². The number of carbonyl (C=O) groups excluding carboxylic acids is 1. The SMILES string of the molecule is C=CCOC(C)C(=O)OCc1nc(-c2cc(Br)cs2)no1. The van der Waals surface area contributed by atoms with E-state index in [9.17, 15) is 4.79 Å². The van der Waals surface area contributed by atoms with Crippen LogP contribution in [0.1, 0.15) is 12.8 Å². The average molecular weight is 373 g/mol. The summed E-state index contributed by atoms with van der Waals surface area (Å²) in [5, 5.41) is 5.76. The second-order valence-electron chi connectivity index (χ2n) is 4.01. The zero-order valence-corrected chi connectivity index (χ0v) is 13.6. The highest BCUT2D eigenvalue weighted by molar-refractivity contribution is 9.10. The Kier molecular flexibility index (Phi) is 5.66. The van der Waals surface area contributed by atoms with Crippen LogP contribution in [0.25, 0.3) is 10.7 Å². The van der Waals surface area contributed by atoms with Crippen molar-refractivity contribution in [3.8, 4) is 10.7 Å². The predicted octanol–water partition coefficient (Wildman–Crippen LogP) is 3.19. The zero-order valence-electron chi connectivity index (χ0n) is 11.2. The normalized spacial score (nSPS) is 12.1. The standard InChI is InChI=1S/C13H13BrN2O4S/c1-3-4-18-8(2)13(17)19-6-11-15-12(16-20-11)10-5-9(14)7-21-10/h3,5,7-8H,1,4,6H2,2H3. The Morgan fingerprint density at radius 2 is 2.48 bits per heavy atom. The summed E-state index contributed by atoms with van der Waals surface area (Å²) in [5.74, 6) is 0.210. The van der Waals surface area contributed by atoms with Crippen molar-refractivity contribution in [2.24, 2.45) is 0 Å². The smallest absolute Gasteiger partial charge is 0.335 e. The van der Waals surface area contributed by atoms with E-state index in [0.29, 0.717) is 5.82 Å². The summed E-state index contributed by atoms with van der Waals surface area (Å²) in [7, 11) is 0. The highest BCUT2D eigenvalue weighted by Crippen LogP contribution is 2.27. The summed E-state index contributed by atoms with van der Waals surface area (Å²) in [6, 6.07) is 1.89. The highest BCUT2D eigenvalue weighted by Gasteiger charge is 2.17. The minimum absolute atomic E-state index is 0.0832. The van der Waals surface area contributed by atoms with Crippen LogP contribution in [0, 0.1) is 0 Å². The van der Waals surface area contributed by atoms with Crippen molar-refractivity contribution in [3.05, 3.63) is 34.5 Å². The fraction of sp³-hybridized carbons (Fsp3) is 0.308. The van der Waals surface area contributed by atoms with E-state index in [1.807, 2.05) is 11.4 Å². The Bertz CT molecular complexity index is 625. The number of carbonyl (C=O) groups is 1. The van der Waals surface area contributed by atoms with Gasteiger partial charge in [-0.25, -0.2) is 4.79 Å². The van der Waals surface area contributed by atoms with Crippen molar-refractivity contribution in [3.63, 3.8) is 0 Å². The van der Waals surface area contributed by atoms with Crippen LogP contribution in [0.15, 0.2) is 33.1 Å². The van der Waals surface area contributed by atoms with Gasteiger partial charge in [0.2, 0.25) is 5.82 Å². The minimum atomic E-state index is -0.668. The summed E-state index contributed by atoms with van der Waals surface area (Å²) in [4.78, 5) is 16.7. The Hall–Kier alpha value is -1.51. The lowest BCUT2D eigenvalue weighted by Crippen LogP contribution is -2.23. The van der Waals surface area contributed by atoms with Gasteiger partial charge in [0, 0.05) is 9.85 Å². The first kappa shape index (κ1) is 15.9. The molecule has 0 bridgehead atoms. The fourth-order valence-electron chi connectivity index (χ4n) is 1.37. The van der Waals surface area contributed by atoms with Crippen LogP contribution >= 0.6 is 27.3 Å². The van der Waals surface area contributed by atoms with Crippen molar-refractivity contribution in [1.82, 2.24) is 10.1 Å². The number of nitrogens with zero attached hydrogens (tertiary/aromatic N) is 2. The summed E-state index contributed by atoms with van der Waals surface area (Å²) in [6.45, 7) is 5.31. The van der Waals surface area contributed by atoms with Crippen molar-refractivity contribution in [1.29, 1.82) is 0 Å². The third-order valence-electron chi connectivity index (χ3n) is 2.39. The van der Waals surface area contributed by atoms with E-state index >= 15 is 0 Å². The van der Waals surface area contributed by atoms with Crippen LogP contribution in [0.5, 0.6) is 0 Å². The molecule has 0 aliphatic carbocycles. The summed E-state index contributed by atoms with van der Waals surface area (Å²) in [5.41, 5.74) is 0. The van der Waals surface area contributed by atoms with Crippen molar-refractivity contribution in [2.45, 2.75) is 19.6 Å². The molecule has 0 fully saturated rings. The molecule has 2 rings (SSSR count). The van der Waals surface area contributed by atoms with Gasteiger partial charge < -0.3 is 14.0 Å². The van der Waals surface area contributed by atoms with Gasteiger partial charge in [0.15, 0.2) is 12.7 Å². The van der Waals surface area contributed by atoms with Gasteiger partial charge in [-0.3, -0.25) is 0 Å². The number of esters is 1. The quantitative estimate of drug-likeness (QED) is 0.548. The number of halogens is 1. The monoisotopic (exact) mass is 372 g/mol. The van der Waals surface area contributed by atoms with E-state index in [4.69, 9.17) is 14.0 Å². The predicted molar refractivity (Wildman–Crippen MR) is 80.7 cm³/mol. The van der Waals surface area contributed by atoms with E-state index in [0.717, 1.165) is 9.35 Å². The average Bonchev–Trinajstić information content (AvgIpc) is 3.10. The maximum Gasteiger partial charge on any atom is 0.335 e. The molecule has 0 amide bonds. The topological polar surface area (TPSA) is 74.5 Å². The molecule has 0 aliphatic heterocycles.